The van der Waals surface area contributed by atoms with E-state index in [1.807, 2.05) is 18.4 Å². The van der Waals surface area contributed by atoms with Crippen molar-refractivity contribution in [3.8, 4) is 11.5 Å². The first-order valence-electron chi connectivity index (χ1n) is 8.23. The second kappa shape index (κ2) is 8.20. The zero-order valence-electron chi connectivity index (χ0n) is 14.9. The molecule has 27 heavy (non-hydrogen) atoms. The lowest BCUT2D eigenvalue weighted by Crippen LogP contribution is -2.40. The van der Waals surface area contributed by atoms with Crippen molar-refractivity contribution in [2.24, 2.45) is 0 Å². The smallest absolute Gasteiger partial charge is 0.240 e. The van der Waals surface area contributed by atoms with Crippen LogP contribution in [0, 0.1) is 0 Å². The van der Waals surface area contributed by atoms with Gasteiger partial charge in [0.05, 0.1) is 17.1 Å². The van der Waals surface area contributed by atoms with Crippen molar-refractivity contribution < 1.29 is 22.7 Å². The van der Waals surface area contributed by atoms with Crippen molar-refractivity contribution in [3.63, 3.8) is 0 Å². The van der Waals surface area contributed by atoms with Crippen molar-refractivity contribution in [3.05, 3.63) is 42.5 Å². The van der Waals surface area contributed by atoms with Crippen LogP contribution in [0.2, 0.25) is 0 Å². The molecule has 0 fully saturated rings. The molecule has 1 unspecified atom stereocenters. The van der Waals surface area contributed by atoms with Gasteiger partial charge in [-0.1, -0.05) is 12.1 Å². The Balaban J connectivity index is 1.71. The zero-order chi connectivity index (χ0) is 19.4. The maximum atomic E-state index is 12.6. The van der Waals surface area contributed by atoms with Gasteiger partial charge in [-0.25, -0.2) is 13.1 Å². The number of benzene rings is 2. The van der Waals surface area contributed by atoms with Crippen LogP contribution < -0.4 is 19.5 Å². The second-order valence-corrected chi connectivity index (χ2v) is 8.51. The molecule has 1 heterocycles. The number of carbonyl (C=O) groups is 1. The Kier molecular flexibility index (Phi) is 5.93. The van der Waals surface area contributed by atoms with Crippen molar-refractivity contribution in [2.75, 3.05) is 24.7 Å². The van der Waals surface area contributed by atoms with Crippen molar-refractivity contribution in [2.45, 2.75) is 22.8 Å². The third-order valence-electron chi connectivity index (χ3n) is 3.86. The molecule has 0 aromatic heterocycles. The van der Waals surface area contributed by atoms with E-state index in [0.29, 0.717) is 17.2 Å². The van der Waals surface area contributed by atoms with Gasteiger partial charge in [-0.05, 0) is 36.6 Å². The van der Waals surface area contributed by atoms with Crippen LogP contribution in [-0.4, -0.2) is 39.8 Å². The van der Waals surface area contributed by atoms with E-state index in [2.05, 4.69) is 10.0 Å². The lowest BCUT2D eigenvalue weighted by Gasteiger charge is -2.26. The lowest BCUT2D eigenvalue weighted by molar-refractivity contribution is -0.114. The van der Waals surface area contributed by atoms with Gasteiger partial charge in [0, 0.05) is 11.8 Å². The first-order chi connectivity index (χ1) is 12.9. The summed E-state index contributed by atoms with van der Waals surface area (Å²) >= 11 is 1.42. The van der Waals surface area contributed by atoms with Gasteiger partial charge in [0.1, 0.15) is 12.7 Å². The quantitative estimate of drug-likeness (QED) is 0.714. The van der Waals surface area contributed by atoms with E-state index in [-0.39, 0.29) is 24.0 Å². The summed E-state index contributed by atoms with van der Waals surface area (Å²) in [5, 5.41) is 2.66. The monoisotopic (exact) mass is 408 g/mol. The predicted molar refractivity (Wildman–Crippen MR) is 104 cm³/mol. The average molecular weight is 409 g/mol. The second-order valence-electron chi connectivity index (χ2n) is 5.89. The van der Waals surface area contributed by atoms with Crippen LogP contribution >= 0.6 is 11.8 Å². The summed E-state index contributed by atoms with van der Waals surface area (Å²) in [6.45, 7) is 1.69. The van der Waals surface area contributed by atoms with Gasteiger partial charge in [-0.3, -0.25) is 4.79 Å². The fraction of sp³-hybridized carbons (Fsp3) is 0.278. The Morgan fingerprint density at radius 1 is 1.22 bits per heavy atom. The first-order valence-corrected chi connectivity index (χ1v) is 10.9. The van der Waals surface area contributed by atoms with E-state index in [0.717, 1.165) is 4.90 Å². The zero-order valence-corrected chi connectivity index (χ0v) is 16.5. The highest BCUT2D eigenvalue weighted by molar-refractivity contribution is 7.98. The molecule has 3 rings (SSSR count). The van der Waals surface area contributed by atoms with E-state index in [4.69, 9.17) is 9.47 Å². The van der Waals surface area contributed by atoms with Crippen LogP contribution in [0.5, 0.6) is 11.5 Å². The summed E-state index contributed by atoms with van der Waals surface area (Å²) in [7, 11) is -3.77. The molecule has 144 valence electrons. The summed E-state index contributed by atoms with van der Waals surface area (Å²) < 4.78 is 39.2. The number of anilines is 1. The fourth-order valence-corrected chi connectivity index (χ4v) is 4.22. The number of amides is 1. The van der Waals surface area contributed by atoms with E-state index in [9.17, 15) is 13.2 Å². The van der Waals surface area contributed by atoms with E-state index in [1.165, 1.54) is 30.8 Å². The molecule has 1 aliphatic rings. The van der Waals surface area contributed by atoms with Gasteiger partial charge in [0.2, 0.25) is 15.9 Å². The number of rotatable bonds is 6. The molecular formula is C18H20N2O5S2. The average Bonchev–Trinajstić information content (AvgIpc) is 2.66. The Morgan fingerprint density at radius 3 is 2.67 bits per heavy atom. The van der Waals surface area contributed by atoms with Crippen LogP contribution in [0.1, 0.15) is 6.92 Å². The number of nitrogens with one attached hydrogen (secondary N) is 2. The van der Waals surface area contributed by atoms with E-state index >= 15 is 0 Å². The maximum absolute atomic E-state index is 12.6. The van der Waals surface area contributed by atoms with Crippen LogP contribution in [0.4, 0.5) is 5.69 Å². The van der Waals surface area contributed by atoms with Crippen LogP contribution in [-0.2, 0) is 14.8 Å². The molecule has 0 saturated heterocycles. The molecule has 2 aromatic rings. The van der Waals surface area contributed by atoms with Crippen LogP contribution in [0.3, 0.4) is 0 Å². The molecule has 1 amide bonds. The van der Waals surface area contributed by atoms with Gasteiger partial charge < -0.3 is 14.8 Å². The van der Waals surface area contributed by atoms with Crippen molar-refractivity contribution >= 4 is 33.4 Å². The summed E-state index contributed by atoms with van der Waals surface area (Å²) in [6, 6.07) is 11.9. The highest BCUT2D eigenvalue weighted by Crippen LogP contribution is 2.31. The van der Waals surface area contributed by atoms with Crippen molar-refractivity contribution in [1.29, 1.82) is 0 Å². The Labute approximate surface area is 162 Å². The van der Waals surface area contributed by atoms with E-state index < -0.39 is 16.1 Å². The van der Waals surface area contributed by atoms with Gasteiger partial charge in [0.25, 0.3) is 0 Å². The van der Waals surface area contributed by atoms with Gasteiger partial charge >= 0.3 is 0 Å². The molecule has 2 N–H and O–H groups in total. The molecule has 1 aliphatic heterocycles. The third-order valence-corrected chi connectivity index (χ3v) is 6.08. The summed E-state index contributed by atoms with van der Waals surface area (Å²) in [5.74, 6) is 0.966. The largest absolute Gasteiger partial charge is 0.486 e. The van der Waals surface area contributed by atoms with Gasteiger partial charge in [0.15, 0.2) is 11.5 Å². The predicted octanol–water partition coefficient (Wildman–Crippen LogP) is 2.49. The molecule has 2 aromatic carbocycles. The number of fused-ring (bicyclic) bond motifs is 1. The molecule has 0 bridgehead atoms. The van der Waals surface area contributed by atoms with Gasteiger partial charge in [-0.15, -0.1) is 11.8 Å². The number of hydrogen-bond acceptors (Lipinski definition) is 6. The Bertz CT molecular complexity index is 947. The number of thioether (sulfide) groups is 1. The van der Waals surface area contributed by atoms with Crippen LogP contribution in [0.25, 0.3) is 0 Å². The number of para-hydroxylation sites is 2. The molecule has 0 radical (unpaired) electrons. The Morgan fingerprint density at radius 2 is 1.96 bits per heavy atom. The highest BCUT2D eigenvalue weighted by Gasteiger charge is 2.24. The molecule has 0 saturated carbocycles. The fourth-order valence-electron chi connectivity index (χ4n) is 2.59. The molecule has 9 heteroatoms. The molecular weight excluding hydrogens is 388 g/mol. The molecule has 0 aliphatic carbocycles. The van der Waals surface area contributed by atoms with Crippen molar-refractivity contribution in [1.82, 2.24) is 4.72 Å². The number of carbonyl (C=O) groups excluding carboxylic acids is 1. The molecule has 7 nitrogen and oxygen atoms in total. The minimum Gasteiger partial charge on any atom is -0.486 e. The number of ether oxygens (including phenoxy) is 2. The third kappa shape index (κ3) is 4.74. The SMILES string of the molecule is CSc1ccc(S(=O)(=O)NCC2COc3ccccc3O2)cc1NC(C)=O. The lowest BCUT2D eigenvalue weighted by atomic mass is 10.2. The summed E-state index contributed by atoms with van der Waals surface area (Å²) in [6.07, 6.45) is 1.42. The molecule has 1 atom stereocenters. The number of sulfonamides is 1. The maximum Gasteiger partial charge on any atom is 0.240 e. The topological polar surface area (TPSA) is 93.7 Å². The standard InChI is InChI=1S/C18H20N2O5S2/c1-12(21)20-15-9-14(7-8-18(15)26-2)27(22,23)19-10-13-11-24-16-5-3-4-6-17(16)25-13/h3-9,13,19H,10-11H2,1-2H3,(H,20,21). The van der Waals surface area contributed by atoms with Gasteiger partial charge in [-0.2, -0.15) is 0 Å². The Hall–Kier alpha value is -2.23. The first kappa shape index (κ1) is 19.5. The summed E-state index contributed by atoms with van der Waals surface area (Å²) in [4.78, 5) is 12.2. The summed E-state index contributed by atoms with van der Waals surface area (Å²) in [5.41, 5.74) is 0.462. The molecule has 0 spiro atoms. The number of hydrogen-bond donors (Lipinski definition) is 2. The minimum atomic E-state index is -3.77. The van der Waals surface area contributed by atoms with E-state index in [1.54, 1.807) is 18.2 Å². The normalized spacial score (nSPS) is 16.0. The minimum absolute atomic E-state index is 0.0659. The van der Waals surface area contributed by atoms with Crippen LogP contribution in [0.15, 0.2) is 52.3 Å². The highest BCUT2D eigenvalue weighted by atomic mass is 32.2.